The van der Waals surface area contributed by atoms with Gasteiger partial charge in [0.05, 0.1) is 5.41 Å². The first-order valence-electron chi connectivity index (χ1n) is 16.6. The van der Waals surface area contributed by atoms with Crippen molar-refractivity contribution in [3.63, 3.8) is 0 Å². The molecule has 6 aromatic carbocycles. The van der Waals surface area contributed by atoms with Crippen molar-refractivity contribution in [1.82, 2.24) is 0 Å². The summed E-state index contributed by atoms with van der Waals surface area (Å²) < 4.78 is 2.45. The molecule has 1 aliphatic rings. The predicted molar refractivity (Wildman–Crippen MR) is 200 cm³/mol. The van der Waals surface area contributed by atoms with Gasteiger partial charge in [0.1, 0.15) is 6.54 Å². The van der Waals surface area contributed by atoms with Crippen LogP contribution in [0.25, 0.3) is 28.3 Å². The van der Waals surface area contributed by atoms with Crippen LogP contribution in [0.3, 0.4) is 0 Å². The number of hydrogen-bond acceptors (Lipinski definition) is 0. The molecule has 228 valence electrons. The summed E-state index contributed by atoms with van der Waals surface area (Å²) in [5.41, 5.74) is 14.9. The van der Waals surface area contributed by atoms with Crippen LogP contribution < -0.4 is 0 Å². The van der Waals surface area contributed by atoms with Crippen molar-refractivity contribution in [1.29, 1.82) is 0 Å². The van der Waals surface area contributed by atoms with Crippen molar-refractivity contribution in [2.75, 3.05) is 6.54 Å². The van der Waals surface area contributed by atoms with E-state index in [1.54, 1.807) is 0 Å². The molecule has 0 aliphatic carbocycles. The predicted octanol–water partition coefficient (Wildman–Crippen LogP) is 11.5. The van der Waals surface area contributed by atoms with Crippen molar-refractivity contribution in [3.05, 3.63) is 203 Å². The van der Waals surface area contributed by atoms with E-state index in [0.717, 1.165) is 6.54 Å². The maximum atomic E-state index is 2.45. The lowest BCUT2D eigenvalue weighted by Gasteiger charge is -2.18. The minimum absolute atomic E-state index is 0.0290. The van der Waals surface area contributed by atoms with Gasteiger partial charge in [0.25, 0.3) is 0 Å². The summed E-state index contributed by atoms with van der Waals surface area (Å²) in [6.45, 7) is 7.84. The molecule has 1 nitrogen and oxygen atoms in total. The number of para-hydroxylation sites is 1. The molecule has 1 heterocycles. The van der Waals surface area contributed by atoms with Crippen LogP contribution in [0, 0.1) is 0 Å². The molecule has 0 atom stereocenters. The molecule has 0 saturated carbocycles. The number of allylic oxidation sites excluding steroid dienone is 1. The van der Waals surface area contributed by atoms with Gasteiger partial charge < -0.3 is 0 Å². The molecular formula is C46H40N+. The minimum atomic E-state index is -0.0290. The molecule has 7 rings (SSSR count). The Labute approximate surface area is 279 Å². The lowest BCUT2D eigenvalue weighted by molar-refractivity contribution is -0.433. The second-order valence-corrected chi connectivity index (χ2v) is 12.7. The summed E-state index contributed by atoms with van der Waals surface area (Å²) in [6, 6.07) is 59.0. The van der Waals surface area contributed by atoms with Crippen LogP contribution in [-0.4, -0.2) is 16.8 Å². The monoisotopic (exact) mass is 606 g/mol. The molecule has 1 heteroatoms. The smallest absolute Gasteiger partial charge is 0.195 e. The Balaban J connectivity index is 1.22. The maximum absolute atomic E-state index is 2.45. The Bertz CT molecular complexity index is 2040. The van der Waals surface area contributed by atoms with E-state index in [1.165, 1.54) is 67.1 Å². The first-order chi connectivity index (χ1) is 23.0. The molecule has 0 saturated heterocycles. The topological polar surface area (TPSA) is 3.01 Å². The fourth-order valence-electron chi connectivity index (χ4n) is 7.00. The highest BCUT2D eigenvalue weighted by molar-refractivity contribution is 6.06. The molecule has 0 spiro atoms. The maximum Gasteiger partial charge on any atom is 0.209 e. The van der Waals surface area contributed by atoms with E-state index < -0.39 is 0 Å². The normalized spacial score (nSPS) is 13.5. The Morgan fingerprint density at radius 3 is 1.40 bits per heavy atom. The van der Waals surface area contributed by atoms with Crippen LogP contribution in [0.15, 0.2) is 170 Å². The average molecular weight is 607 g/mol. The summed E-state index contributed by atoms with van der Waals surface area (Å²) in [6.07, 6.45) is 4.56. The van der Waals surface area contributed by atoms with Crippen LogP contribution in [0.5, 0.6) is 0 Å². The lowest BCUT2D eigenvalue weighted by Crippen LogP contribution is -2.27. The number of hydrogen-bond donors (Lipinski definition) is 0. The Kier molecular flexibility index (Phi) is 8.38. The zero-order valence-electron chi connectivity index (χ0n) is 27.4. The van der Waals surface area contributed by atoms with Gasteiger partial charge in [-0.1, -0.05) is 158 Å². The van der Waals surface area contributed by atoms with Crippen molar-refractivity contribution >= 4 is 28.6 Å². The molecule has 1 aliphatic heterocycles. The van der Waals surface area contributed by atoms with Crippen LogP contribution >= 0.6 is 0 Å². The minimum Gasteiger partial charge on any atom is -0.195 e. The third-order valence-electron chi connectivity index (χ3n) is 9.40. The largest absolute Gasteiger partial charge is 0.209 e. The summed E-state index contributed by atoms with van der Waals surface area (Å²) in [5, 5.41) is 0. The highest BCUT2D eigenvalue weighted by Gasteiger charge is 2.43. The molecule has 0 fully saturated rings. The van der Waals surface area contributed by atoms with Crippen LogP contribution in [-0.2, 0) is 5.41 Å². The zero-order valence-corrected chi connectivity index (χ0v) is 27.4. The fourth-order valence-corrected chi connectivity index (χ4v) is 7.00. The van der Waals surface area contributed by atoms with Gasteiger partial charge in [-0.2, -0.15) is 4.58 Å². The van der Waals surface area contributed by atoms with E-state index in [4.69, 9.17) is 0 Å². The quantitative estimate of drug-likeness (QED) is 0.120. The van der Waals surface area contributed by atoms with Crippen LogP contribution in [0.2, 0.25) is 0 Å². The van der Waals surface area contributed by atoms with E-state index in [2.05, 4.69) is 201 Å². The van der Waals surface area contributed by atoms with Crippen molar-refractivity contribution in [2.24, 2.45) is 0 Å². The van der Waals surface area contributed by atoms with E-state index >= 15 is 0 Å². The van der Waals surface area contributed by atoms with Gasteiger partial charge >= 0.3 is 0 Å². The molecule has 6 aromatic rings. The van der Waals surface area contributed by atoms with Gasteiger partial charge in [-0.3, -0.25) is 0 Å². The number of rotatable bonds is 8. The van der Waals surface area contributed by atoms with E-state index in [9.17, 15) is 0 Å². The van der Waals surface area contributed by atoms with E-state index in [-0.39, 0.29) is 5.41 Å². The third kappa shape index (κ3) is 5.93. The first-order valence-corrected chi connectivity index (χ1v) is 16.6. The Hall–Kier alpha value is -5.53. The summed E-state index contributed by atoms with van der Waals surface area (Å²) in [7, 11) is 0. The lowest BCUT2D eigenvalue weighted by atomic mass is 9.81. The van der Waals surface area contributed by atoms with Gasteiger partial charge in [0.2, 0.25) is 5.69 Å². The first kappa shape index (κ1) is 30.1. The van der Waals surface area contributed by atoms with E-state index in [0.29, 0.717) is 0 Å². The average Bonchev–Trinajstić information content (AvgIpc) is 3.36. The molecular weight excluding hydrogens is 567 g/mol. The van der Waals surface area contributed by atoms with Gasteiger partial charge in [0, 0.05) is 17.7 Å². The van der Waals surface area contributed by atoms with Gasteiger partial charge in [0.15, 0.2) is 5.71 Å². The second-order valence-electron chi connectivity index (χ2n) is 12.7. The molecule has 0 N–H and O–H groups in total. The summed E-state index contributed by atoms with van der Waals surface area (Å²) in [5.74, 6) is 0. The fraction of sp³-hybridized carbons (Fsp3) is 0.109. The molecule has 0 radical (unpaired) electrons. The zero-order chi connectivity index (χ0) is 32.2. The van der Waals surface area contributed by atoms with Gasteiger partial charge in [-0.25, -0.2) is 0 Å². The van der Waals surface area contributed by atoms with Gasteiger partial charge in [-0.05, 0) is 76.9 Å². The Morgan fingerprint density at radius 2 is 0.915 bits per heavy atom. The van der Waals surface area contributed by atoms with Crippen molar-refractivity contribution < 1.29 is 4.58 Å². The summed E-state index contributed by atoms with van der Waals surface area (Å²) >= 11 is 0. The van der Waals surface area contributed by atoms with Gasteiger partial charge in [-0.15, -0.1) is 0 Å². The number of nitrogens with zero attached hydrogens (tertiary/aromatic N) is 1. The van der Waals surface area contributed by atoms with Crippen molar-refractivity contribution in [3.8, 4) is 11.1 Å². The Morgan fingerprint density at radius 1 is 0.489 bits per heavy atom. The van der Waals surface area contributed by atoms with Crippen molar-refractivity contribution in [2.45, 2.75) is 26.2 Å². The van der Waals surface area contributed by atoms with E-state index in [1.807, 2.05) is 0 Å². The molecule has 0 aromatic heterocycles. The highest BCUT2D eigenvalue weighted by atomic mass is 15.0. The molecule has 0 amide bonds. The third-order valence-corrected chi connectivity index (χ3v) is 9.40. The summed E-state index contributed by atoms with van der Waals surface area (Å²) in [4.78, 5) is 0. The van der Waals surface area contributed by atoms with Crippen LogP contribution in [0.4, 0.5) is 5.69 Å². The second kappa shape index (κ2) is 13.1. The highest BCUT2D eigenvalue weighted by Crippen LogP contribution is 2.40. The number of benzene rings is 6. The van der Waals surface area contributed by atoms with Crippen LogP contribution in [0.1, 0.15) is 54.2 Å². The molecule has 0 bridgehead atoms. The molecule has 47 heavy (non-hydrogen) atoms. The standard InChI is InChI=1S/C46H40N/c1-4-47-42-23-15-14-22-41(42)46(2,3)43(47)33-26-34-24-27-35(28-25-34)36-29-31-40(32-30-36)45(39-20-12-7-13-21-39)44(37-16-8-5-9-17-37)38-18-10-6-11-19-38/h5-33H,4H2,1-3H3/q+1. The molecule has 0 unspecified atom stereocenters. The SMILES string of the molecule is CC[N+]1=C(C=Cc2ccc(-c3ccc(C(=C(c4ccccc4)c4ccccc4)c4ccccc4)cc3)cc2)C(C)(C)c2ccccc21. The number of fused-ring (bicyclic) bond motifs is 1.